The zero-order valence-corrected chi connectivity index (χ0v) is 20.0. The fourth-order valence-electron chi connectivity index (χ4n) is 2.76. The van der Waals surface area contributed by atoms with Crippen LogP contribution in [0.15, 0.2) is 24.3 Å². The van der Waals surface area contributed by atoms with Gasteiger partial charge < -0.3 is 20.9 Å². The second-order valence-corrected chi connectivity index (χ2v) is 9.32. The summed E-state index contributed by atoms with van der Waals surface area (Å²) in [6.45, 7) is 12.8. The van der Waals surface area contributed by atoms with Crippen molar-refractivity contribution < 1.29 is 14.4 Å². The van der Waals surface area contributed by atoms with Gasteiger partial charge in [-0.05, 0) is 71.3 Å². The average Bonchev–Trinajstić information content (AvgIpc) is 2.70. The number of carbonyl (C=O) groups excluding carboxylic acids is 3. The van der Waals surface area contributed by atoms with Gasteiger partial charge in [0.05, 0.1) is 0 Å². The van der Waals surface area contributed by atoms with Gasteiger partial charge in [-0.15, -0.1) is 0 Å². The maximum Gasteiger partial charge on any atom is 0.251 e. The first kappa shape index (κ1) is 26.6. The standard InChI is InChI=1S/C24H40N4O3/c1-18(2)12-13-26-22(30)19-9-7-10-20(17-19)23(31)27-15-14-25-21(29)11-8-16-28(6)24(3,4)5/h7,9-10,17-18H,8,11-16H2,1-6H3,(H,25,29)(H,26,30)(H,27,31). The number of nitrogens with one attached hydrogen (secondary N) is 3. The van der Waals surface area contributed by atoms with Crippen molar-refractivity contribution in [3.8, 4) is 0 Å². The molecule has 0 unspecified atom stereocenters. The average molecular weight is 433 g/mol. The highest BCUT2D eigenvalue weighted by Crippen LogP contribution is 2.11. The molecule has 0 atom stereocenters. The molecule has 0 fully saturated rings. The van der Waals surface area contributed by atoms with Gasteiger partial charge in [0.25, 0.3) is 11.8 Å². The predicted molar refractivity (Wildman–Crippen MR) is 125 cm³/mol. The van der Waals surface area contributed by atoms with Crippen LogP contribution in [-0.2, 0) is 4.79 Å². The van der Waals surface area contributed by atoms with Gasteiger partial charge in [0.1, 0.15) is 0 Å². The van der Waals surface area contributed by atoms with E-state index >= 15 is 0 Å². The first-order chi connectivity index (χ1) is 14.5. The molecule has 31 heavy (non-hydrogen) atoms. The number of nitrogens with zero attached hydrogens (tertiary/aromatic N) is 1. The van der Waals surface area contributed by atoms with E-state index in [1.807, 2.05) is 0 Å². The first-order valence-corrected chi connectivity index (χ1v) is 11.1. The lowest BCUT2D eigenvalue weighted by atomic mass is 10.1. The summed E-state index contributed by atoms with van der Waals surface area (Å²) in [4.78, 5) is 38.7. The molecule has 0 heterocycles. The molecule has 0 radical (unpaired) electrons. The number of carbonyl (C=O) groups is 3. The van der Waals surface area contributed by atoms with Gasteiger partial charge in [0.15, 0.2) is 0 Å². The first-order valence-electron chi connectivity index (χ1n) is 11.1. The summed E-state index contributed by atoms with van der Waals surface area (Å²) < 4.78 is 0. The Balaban J connectivity index is 2.33. The Kier molecular flexibility index (Phi) is 11.3. The minimum absolute atomic E-state index is 0.0170. The largest absolute Gasteiger partial charge is 0.354 e. The summed E-state index contributed by atoms with van der Waals surface area (Å²) in [6, 6.07) is 6.65. The molecule has 3 amide bonds. The third-order valence-corrected chi connectivity index (χ3v) is 5.17. The lowest BCUT2D eigenvalue weighted by molar-refractivity contribution is -0.121. The molecule has 0 aromatic heterocycles. The smallest absolute Gasteiger partial charge is 0.251 e. The molecule has 0 spiro atoms. The van der Waals surface area contributed by atoms with Gasteiger partial charge in [-0.2, -0.15) is 0 Å². The Hall–Kier alpha value is -2.41. The Morgan fingerprint density at radius 3 is 2.03 bits per heavy atom. The summed E-state index contributed by atoms with van der Waals surface area (Å²) in [5.74, 6) is 0.0527. The zero-order chi connectivity index (χ0) is 23.4. The van der Waals surface area contributed by atoms with Crippen LogP contribution < -0.4 is 16.0 Å². The van der Waals surface area contributed by atoms with E-state index < -0.39 is 0 Å². The molecule has 3 N–H and O–H groups in total. The van der Waals surface area contributed by atoms with Crippen LogP contribution in [0.1, 0.15) is 74.6 Å². The molecule has 0 saturated carbocycles. The van der Waals surface area contributed by atoms with Crippen molar-refractivity contribution in [1.82, 2.24) is 20.9 Å². The molecule has 0 aliphatic carbocycles. The normalized spacial score (nSPS) is 11.5. The van der Waals surface area contributed by atoms with Gasteiger partial charge in [-0.25, -0.2) is 0 Å². The number of rotatable bonds is 12. The number of hydrogen-bond acceptors (Lipinski definition) is 4. The van der Waals surface area contributed by atoms with Gasteiger partial charge in [0, 0.05) is 42.7 Å². The van der Waals surface area contributed by atoms with Gasteiger partial charge >= 0.3 is 0 Å². The van der Waals surface area contributed by atoms with Crippen molar-refractivity contribution in [2.75, 3.05) is 33.2 Å². The summed E-state index contributed by atoms with van der Waals surface area (Å²) in [7, 11) is 2.05. The zero-order valence-electron chi connectivity index (χ0n) is 20.0. The van der Waals surface area contributed by atoms with Crippen LogP contribution in [0.5, 0.6) is 0 Å². The van der Waals surface area contributed by atoms with E-state index in [9.17, 15) is 14.4 Å². The maximum absolute atomic E-state index is 12.3. The third-order valence-electron chi connectivity index (χ3n) is 5.17. The quantitative estimate of drug-likeness (QED) is 0.443. The molecule has 174 valence electrons. The van der Waals surface area contributed by atoms with Crippen molar-refractivity contribution >= 4 is 17.7 Å². The predicted octanol–water partition coefficient (Wildman–Crippen LogP) is 2.82. The fraction of sp³-hybridized carbons (Fsp3) is 0.625. The number of hydrogen-bond donors (Lipinski definition) is 3. The minimum atomic E-state index is -0.266. The van der Waals surface area contributed by atoms with E-state index in [-0.39, 0.29) is 23.3 Å². The highest BCUT2D eigenvalue weighted by molar-refractivity contribution is 5.99. The second-order valence-electron chi connectivity index (χ2n) is 9.32. The summed E-state index contributed by atoms with van der Waals surface area (Å²) >= 11 is 0. The summed E-state index contributed by atoms with van der Waals surface area (Å²) in [5.41, 5.74) is 0.977. The third kappa shape index (κ3) is 11.0. The molecule has 1 aromatic rings. The van der Waals surface area contributed by atoms with Crippen molar-refractivity contribution in [3.63, 3.8) is 0 Å². The molecular weight excluding hydrogens is 392 g/mol. The monoisotopic (exact) mass is 432 g/mol. The molecule has 7 heteroatoms. The van der Waals surface area contributed by atoms with Crippen molar-refractivity contribution in [2.24, 2.45) is 5.92 Å². The van der Waals surface area contributed by atoms with Crippen LogP contribution in [-0.4, -0.2) is 61.4 Å². The van der Waals surface area contributed by atoms with E-state index in [1.54, 1.807) is 24.3 Å². The molecule has 0 saturated heterocycles. The molecule has 7 nitrogen and oxygen atoms in total. The van der Waals surface area contributed by atoms with Crippen LogP contribution in [0.4, 0.5) is 0 Å². The van der Waals surface area contributed by atoms with Crippen LogP contribution in [0.3, 0.4) is 0 Å². The van der Waals surface area contributed by atoms with Crippen LogP contribution >= 0.6 is 0 Å². The number of benzene rings is 1. The van der Waals surface area contributed by atoms with Crippen LogP contribution in [0.25, 0.3) is 0 Å². The molecule has 1 aromatic carbocycles. The van der Waals surface area contributed by atoms with Gasteiger partial charge in [0.2, 0.25) is 5.91 Å². The van der Waals surface area contributed by atoms with Gasteiger partial charge in [-0.1, -0.05) is 19.9 Å². The Morgan fingerprint density at radius 2 is 1.48 bits per heavy atom. The Bertz CT molecular complexity index is 726. The second kappa shape index (κ2) is 13.1. The lowest BCUT2D eigenvalue weighted by Gasteiger charge is -2.31. The van der Waals surface area contributed by atoms with E-state index in [0.717, 1.165) is 19.4 Å². The lowest BCUT2D eigenvalue weighted by Crippen LogP contribution is -2.39. The van der Waals surface area contributed by atoms with E-state index in [1.165, 1.54) is 0 Å². The van der Waals surface area contributed by atoms with Crippen LogP contribution in [0, 0.1) is 5.92 Å². The maximum atomic E-state index is 12.3. The van der Waals surface area contributed by atoms with Crippen LogP contribution in [0.2, 0.25) is 0 Å². The molecular formula is C24H40N4O3. The molecule has 0 aliphatic rings. The van der Waals surface area contributed by atoms with E-state index in [2.05, 4.69) is 62.5 Å². The van der Waals surface area contributed by atoms with Crippen molar-refractivity contribution in [3.05, 3.63) is 35.4 Å². The fourth-order valence-corrected chi connectivity index (χ4v) is 2.76. The molecule has 1 rings (SSSR count). The Labute approximate surface area is 187 Å². The SMILES string of the molecule is CC(C)CCNC(=O)c1cccc(C(=O)NCCNC(=O)CCCN(C)C(C)(C)C)c1. The van der Waals surface area contributed by atoms with E-state index in [0.29, 0.717) is 43.1 Å². The molecule has 0 bridgehead atoms. The summed E-state index contributed by atoms with van der Waals surface area (Å²) in [6.07, 6.45) is 2.16. The topological polar surface area (TPSA) is 90.5 Å². The van der Waals surface area contributed by atoms with Crippen molar-refractivity contribution in [1.29, 1.82) is 0 Å². The minimum Gasteiger partial charge on any atom is -0.354 e. The van der Waals surface area contributed by atoms with E-state index in [4.69, 9.17) is 0 Å². The van der Waals surface area contributed by atoms with Gasteiger partial charge in [-0.3, -0.25) is 14.4 Å². The Morgan fingerprint density at radius 1 is 0.935 bits per heavy atom. The molecule has 0 aliphatic heterocycles. The highest BCUT2D eigenvalue weighted by Gasteiger charge is 2.16. The summed E-state index contributed by atoms with van der Waals surface area (Å²) in [5, 5.41) is 8.48. The highest BCUT2D eigenvalue weighted by atomic mass is 16.2. The number of amides is 3. The van der Waals surface area contributed by atoms with Crippen molar-refractivity contribution in [2.45, 2.75) is 59.4 Å².